The van der Waals surface area contributed by atoms with Crippen LogP contribution < -0.4 is 5.73 Å². The number of anilines is 1. The van der Waals surface area contributed by atoms with E-state index in [1.807, 2.05) is 0 Å². The van der Waals surface area contributed by atoms with Gasteiger partial charge >= 0.3 is 5.97 Å². The first kappa shape index (κ1) is 12.1. The summed E-state index contributed by atoms with van der Waals surface area (Å²) in [6.07, 6.45) is 0. The number of nitrogens with one attached hydrogen (secondary N) is 1. The maximum Gasteiger partial charge on any atom is 0.344 e. The maximum absolute atomic E-state index is 13.7. The summed E-state index contributed by atoms with van der Waals surface area (Å²) in [5.41, 5.74) is 6.03. The Balaban J connectivity index is 2.53. The molecule has 2 aromatic rings. The van der Waals surface area contributed by atoms with E-state index >= 15 is 0 Å². The van der Waals surface area contributed by atoms with Gasteiger partial charge in [0.1, 0.15) is 22.9 Å². The summed E-state index contributed by atoms with van der Waals surface area (Å²) in [4.78, 5) is 11.7. The highest BCUT2D eigenvalue weighted by molar-refractivity contribution is 6.00. The van der Waals surface area contributed by atoms with Gasteiger partial charge in [0.15, 0.2) is 0 Å². The van der Waals surface area contributed by atoms with Crippen LogP contribution in [0.4, 0.5) is 10.2 Å². The zero-order valence-electron chi connectivity index (χ0n) is 9.74. The SMILES string of the molecule is CCOC(=O)c1c(-c2ccccc2F)n[nH]c1N. The van der Waals surface area contributed by atoms with Crippen molar-refractivity contribution in [2.45, 2.75) is 6.92 Å². The van der Waals surface area contributed by atoms with Crippen LogP contribution in [-0.4, -0.2) is 22.8 Å². The number of hydrogen-bond donors (Lipinski definition) is 2. The number of rotatable bonds is 3. The molecule has 6 heteroatoms. The highest BCUT2D eigenvalue weighted by atomic mass is 19.1. The molecule has 18 heavy (non-hydrogen) atoms. The molecule has 0 unspecified atom stereocenters. The minimum absolute atomic E-state index is 0.0574. The summed E-state index contributed by atoms with van der Waals surface area (Å²) in [6, 6.07) is 6.01. The first-order valence-electron chi connectivity index (χ1n) is 5.41. The fraction of sp³-hybridized carbons (Fsp3) is 0.167. The molecule has 0 fully saturated rings. The molecule has 1 heterocycles. The number of aromatic amines is 1. The summed E-state index contributed by atoms with van der Waals surface area (Å²) >= 11 is 0. The number of hydrogen-bond acceptors (Lipinski definition) is 4. The predicted molar refractivity (Wildman–Crippen MR) is 64.4 cm³/mol. The van der Waals surface area contributed by atoms with Crippen LogP contribution in [0.3, 0.4) is 0 Å². The Labute approximate surface area is 103 Å². The van der Waals surface area contributed by atoms with Crippen molar-refractivity contribution < 1.29 is 13.9 Å². The normalized spacial score (nSPS) is 10.3. The number of esters is 1. The molecule has 0 amide bonds. The topological polar surface area (TPSA) is 81.0 Å². The summed E-state index contributed by atoms with van der Waals surface area (Å²) in [5, 5.41) is 6.32. The highest BCUT2D eigenvalue weighted by Gasteiger charge is 2.22. The van der Waals surface area contributed by atoms with E-state index in [2.05, 4.69) is 10.2 Å². The Bertz CT molecular complexity index is 580. The Morgan fingerprint density at radius 1 is 1.50 bits per heavy atom. The second-order valence-electron chi connectivity index (χ2n) is 3.56. The van der Waals surface area contributed by atoms with Gasteiger partial charge < -0.3 is 10.5 Å². The zero-order chi connectivity index (χ0) is 13.1. The minimum atomic E-state index is -0.623. The summed E-state index contributed by atoms with van der Waals surface area (Å²) in [7, 11) is 0. The van der Waals surface area contributed by atoms with Gasteiger partial charge in [0.05, 0.1) is 6.61 Å². The lowest BCUT2D eigenvalue weighted by atomic mass is 10.1. The van der Waals surface area contributed by atoms with Crippen LogP contribution in [0.15, 0.2) is 24.3 Å². The number of nitrogens with zero attached hydrogens (tertiary/aromatic N) is 1. The van der Waals surface area contributed by atoms with Crippen molar-refractivity contribution in [1.29, 1.82) is 0 Å². The molecule has 0 saturated carbocycles. The second-order valence-corrected chi connectivity index (χ2v) is 3.56. The molecular formula is C12H12FN3O2. The van der Waals surface area contributed by atoms with Gasteiger partial charge in [0.25, 0.3) is 0 Å². The average Bonchev–Trinajstić information content (AvgIpc) is 2.72. The van der Waals surface area contributed by atoms with Crippen molar-refractivity contribution >= 4 is 11.8 Å². The Morgan fingerprint density at radius 3 is 2.89 bits per heavy atom. The number of nitrogen functional groups attached to an aromatic ring is 1. The third-order valence-electron chi connectivity index (χ3n) is 2.40. The third kappa shape index (κ3) is 2.04. The van der Waals surface area contributed by atoms with E-state index in [-0.39, 0.29) is 29.2 Å². The van der Waals surface area contributed by atoms with Crippen LogP contribution in [0.5, 0.6) is 0 Å². The standard InChI is InChI=1S/C12H12FN3O2/c1-2-18-12(17)9-10(15-16-11(9)14)7-5-3-4-6-8(7)13/h3-6H,2H2,1H3,(H3,14,15,16). The Morgan fingerprint density at radius 2 is 2.22 bits per heavy atom. The quantitative estimate of drug-likeness (QED) is 0.815. The number of H-pyrrole nitrogens is 1. The molecule has 0 aliphatic carbocycles. The number of ether oxygens (including phenoxy) is 1. The van der Waals surface area contributed by atoms with Gasteiger partial charge in [-0.25, -0.2) is 9.18 Å². The van der Waals surface area contributed by atoms with Gasteiger partial charge in [-0.3, -0.25) is 5.10 Å². The number of benzene rings is 1. The van der Waals surface area contributed by atoms with E-state index in [0.29, 0.717) is 0 Å². The van der Waals surface area contributed by atoms with Gasteiger partial charge in [-0.1, -0.05) is 12.1 Å². The predicted octanol–water partition coefficient (Wildman–Crippen LogP) is 1.97. The summed E-state index contributed by atoms with van der Waals surface area (Å²) in [5.74, 6) is -1.04. The molecular weight excluding hydrogens is 237 g/mol. The number of nitrogens with two attached hydrogens (primary N) is 1. The Hall–Kier alpha value is -2.37. The van der Waals surface area contributed by atoms with Crippen molar-refractivity contribution in [3.63, 3.8) is 0 Å². The molecule has 0 aliphatic heterocycles. The molecule has 3 N–H and O–H groups in total. The van der Waals surface area contributed by atoms with E-state index in [1.54, 1.807) is 19.1 Å². The molecule has 0 aliphatic rings. The van der Waals surface area contributed by atoms with E-state index < -0.39 is 11.8 Å². The minimum Gasteiger partial charge on any atom is -0.462 e. The van der Waals surface area contributed by atoms with E-state index in [0.717, 1.165) is 0 Å². The van der Waals surface area contributed by atoms with E-state index in [9.17, 15) is 9.18 Å². The number of carbonyl (C=O) groups is 1. The first-order valence-corrected chi connectivity index (χ1v) is 5.41. The molecule has 94 valence electrons. The maximum atomic E-state index is 13.7. The molecule has 5 nitrogen and oxygen atoms in total. The van der Waals surface area contributed by atoms with Gasteiger partial charge in [-0.2, -0.15) is 5.10 Å². The molecule has 0 bridgehead atoms. The van der Waals surface area contributed by atoms with Crippen LogP contribution >= 0.6 is 0 Å². The van der Waals surface area contributed by atoms with E-state index in [4.69, 9.17) is 10.5 Å². The van der Waals surface area contributed by atoms with E-state index in [1.165, 1.54) is 12.1 Å². The van der Waals surface area contributed by atoms with Gasteiger partial charge in [-0.05, 0) is 19.1 Å². The second kappa shape index (κ2) is 4.87. The van der Waals surface area contributed by atoms with Crippen LogP contribution in [0, 0.1) is 5.82 Å². The van der Waals surface area contributed by atoms with Crippen molar-refractivity contribution in [1.82, 2.24) is 10.2 Å². The van der Waals surface area contributed by atoms with Crippen molar-refractivity contribution in [3.05, 3.63) is 35.6 Å². The zero-order valence-corrected chi connectivity index (χ0v) is 9.74. The van der Waals surface area contributed by atoms with Crippen molar-refractivity contribution in [2.24, 2.45) is 0 Å². The fourth-order valence-corrected chi connectivity index (χ4v) is 1.61. The van der Waals surface area contributed by atoms with Crippen LogP contribution in [-0.2, 0) is 4.74 Å². The van der Waals surface area contributed by atoms with Crippen molar-refractivity contribution in [3.8, 4) is 11.3 Å². The lowest BCUT2D eigenvalue weighted by molar-refractivity contribution is 0.0528. The first-order chi connectivity index (χ1) is 8.65. The molecule has 0 saturated heterocycles. The average molecular weight is 249 g/mol. The summed E-state index contributed by atoms with van der Waals surface area (Å²) < 4.78 is 18.5. The smallest absolute Gasteiger partial charge is 0.344 e. The Kier molecular flexibility index (Phi) is 3.27. The van der Waals surface area contributed by atoms with Crippen LogP contribution in [0.1, 0.15) is 17.3 Å². The lowest BCUT2D eigenvalue weighted by Crippen LogP contribution is -2.08. The monoisotopic (exact) mass is 249 g/mol. The molecule has 1 aromatic carbocycles. The largest absolute Gasteiger partial charge is 0.462 e. The van der Waals surface area contributed by atoms with Gasteiger partial charge in [0, 0.05) is 5.56 Å². The van der Waals surface area contributed by atoms with Crippen LogP contribution in [0.2, 0.25) is 0 Å². The third-order valence-corrected chi connectivity index (χ3v) is 2.40. The van der Waals surface area contributed by atoms with Gasteiger partial charge in [-0.15, -0.1) is 0 Å². The summed E-state index contributed by atoms with van der Waals surface area (Å²) in [6.45, 7) is 1.89. The van der Waals surface area contributed by atoms with Crippen molar-refractivity contribution in [2.75, 3.05) is 12.3 Å². The molecule has 2 rings (SSSR count). The number of halogens is 1. The lowest BCUT2D eigenvalue weighted by Gasteiger charge is -2.04. The highest BCUT2D eigenvalue weighted by Crippen LogP contribution is 2.27. The molecule has 0 atom stereocenters. The molecule has 0 radical (unpaired) electrons. The molecule has 0 spiro atoms. The van der Waals surface area contributed by atoms with Crippen LogP contribution in [0.25, 0.3) is 11.3 Å². The number of aromatic nitrogens is 2. The molecule has 1 aromatic heterocycles. The fourth-order valence-electron chi connectivity index (χ4n) is 1.61. The van der Waals surface area contributed by atoms with Gasteiger partial charge in [0.2, 0.25) is 0 Å². The number of carbonyl (C=O) groups excluding carboxylic acids is 1.